The highest BCUT2D eigenvalue weighted by Gasteiger charge is 2.33. The van der Waals surface area contributed by atoms with Crippen LogP contribution in [0.1, 0.15) is 18.5 Å². The summed E-state index contributed by atoms with van der Waals surface area (Å²) < 4.78 is 10.2. The third-order valence-corrected chi connectivity index (χ3v) is 4.13. The number of hydrogen-bond donors (Lipinski definition) is 2. The molecule has 124 valence electrons. The van der Waals surface area contributed by atoms with E-state index in [1.165, 1.54) is 0 Å². The van der Waals surface area contributed by atoms with E-state index in [0.29, 0.717) is 23.0 Å². The van der Waals surface area contributed by atoms with E-state index in [1.54, 1.807) is 18.1 Å². The van der Waals surface area contributed by atoms with E-state index >= 15 is 0 Å². The lowest BCUT2D eigenvalue weighted by molar-refractivity contribution is -0.140. The normalized spacial score (nSPS) is 18.0. The maximum absolute atomic E-state index is 12.5. The number of benzene rings is 1. The lowest BCUT2D eigenvalue weighted by Crippen LogP contribution is -2.46. The number of rotatable bonds is 5. The van der Waals surface area contributed by atoms with E-state index in [4.69, 9.17) is 27.4 Å². The van der Waals surface area contributed by atoms with Gasteiger partial charge in [-0.2, -0.15) is 0 Å². The van der Waals surface area contributed by atoms with Crippen LogP contribution in [0.3, 0.4) is 0 Å². The number of nitrogens with zero attached hydrogens (tertiary/aromatic N) is 1. The number of nitrogens with one attached hydrogen (secondary N) is 1. The van der Waals surface area contributed by atoms with Gasteiger partial charge in [-0.25, -0.2) is 4.79 Å². The molecule has 0 fully saturated rings. The number of allylic oxidation sites excluding steroid dienone is 1. The Morgan fingerprint density at radius 3 is 2.83 bits per heavy atom. The minimum atomic E-state index is -0.395. The summed E-state index contributed by atoms with van der Waals surface area (Å²) in [4.78, 5) is 14.3. The molecule has 0 radical (unpaired) electrons. The van der Waals surface area contributed by atoms with Gasteiger partial charge >= 0.3 is 5.97 Å². The van der Waals surface area contributed by atoms with Crippen molar-refractivity contribution >= 4 is 29.0 Å². The Balaban J connectivity index is 2.38. The summed E-state index contributed by atoms with van der Waals surface area (Å²) in [5.41, 5.74) is 8.62. The molecule has 0 amide bonds. The van der Waals surface area contributed by atoms with Crippen LogP contribution in [0.5, 0.6) is 0 Å². The highest BCUT2D eigenvalue weighted by Crippen LogP contribution is 2.31. The SMILES string of the molecule is COCCOC(=O)C1=C(C)N(C)C(=S)N[C@H]1c1cccc(N)c1. The molecule has 6 nitrogen and oxygen atoms in total. The topological polar surface area (TPSA) is 76.8 Å². The number of carbonyl (C=O) groups excluding carboxylic acids is 1. The summed E-state index contributed by atoms with van der Waals surface area (Å²) in [7, 11) is 3.37. The molecule has 1 aromatic carbocycles. The van der Waals surface area contributed by atoms with Crippen molar-refractivity contribution in [3.05, 3.63) is 41.1 Å². The van der Waals surface area contributed by atoms with E-state index in [1.807, 2.05) is 32.2 Å². The predicted molar refractivity (Wildman–Crippen MR) is 92.6 cm³/mol. The van der Waals surface area contributed by atoms with Crippen LogP contribution in [0, 0.1) is 0 Å². The number of anilines is 1. The first kappa shape index (κ1) is 17.2. The Bertz CT molecular complexity index is 645. The van der Waals surface area contributed by atoms with Crippen molar-refractivity contribution in [2.24, 2.45) is 0 Å². The number of hydrogen-bond acceptors (Lipinski definition) is 5. The molecule has 0 aromatic heterocycles. The number of ether oxygens (including phenoxy) is 2. The van der Waals surface area contributed by atoms with Gasteiger partial charge in [0.05, 0.1) is 18.2 Å². The maximum atomic E-state index is 12.5. The first-order chi connectivity index (χ1) is 11.0. The van der Waals surface area contributed by atoms with Gasteiger partial charge in [0.25, 0.3) is 0 Å². The molecule has 0 aliphatic carbocycles. The van der Waals surface area contributed by atoms with Crippen molar-refractivity contribution in [2.75, 3.05) is 33.1 Å². The van der Waals surface area contributed by atoms with Gasteiger partial charge in [-0.3, -0.25) is 0 Å². The molecular formula is C16H21N3O3S. The van der Waals surface area contributed by atoms with Crippen LogP contribution in [0.4, 0.5) is 5.69 Å². The molecule has 1 aromatic rings. The fourth-order valence-corrected chi connectivity index (χ4v) is 2.64. The number of thiocarbonyl (C=S) groups is 1. The molecule has 1 heterocycles. The van der Waals surface area contributed by atoms with Gasteiger partial charge in [0.1, 0.15) is 6.61 Å². The zero-order valence-corrected chi connectivity index (χ0v) is 14.3. The lowest BCUT2D eigenvalue weighted by Gasteiger charge is -2.35. The molecule has 1 aliphatic heterocycles. The standard InChI is InChI=1S/C16H21N3O3S/c1-10-13(15(20)22-8-7-21-3)14(18-16(23)19(10)2)11-5-4-6-12(17)9-11/h4-6,9,14H,7-8,17H2,1-3H3,(H,18,23)/t14-/m0/s1. The zero-order chi connectivity index (χ0) is 17.0. The van der Waals surface area contributed by atoms with Crippen molar-refractivity contribution in [1.29, 1.82) is 0 Å². The monoisotopic (exact) mass is 335 g/mol. The first-order valence-electron chi connectivity index (χ1n) is 7.22. The smallest absolute Gasteiger partial charge is 0.338 e. The van der Waals surface area contributed by atoms with Crippen LogP contribution in [0.2, 0.25) is 0 Å². The Morgan fingerprint density at radius 2 is 2.17 bits per heavy atom. The van der Waals surface area contributed by atoms with Crippen molar-refractivity contribution in [1.82, 2.24) is 10.2 Å². The van der Waals surface area contributed by atoms with Gasteiger partial charge in [0.2, 0.25) is 0 Å². The number of nitrogens with two attached hydrogens (primary N) is 1. The molecule has 7 heteroatoms. The number of nitrogen functional groups attached to an aromatic ring is 1. The van der Waals surface area contributed by atoms with E-state index in [9.17, 15) is 4.79 Å². The Hall–Kier alpha value is -2.12. The molecule has 0 saturated carbocycles. The van der Waals surface area contributed by atoms with Crippen LogP contribution in [0.15, 0.2) is 35.5 Å². The fraction of sp³-hybridized carbons (Fsp3) is 0.375. The van der Waals surface area contributed by atoms with Crippen LogP contribution >= 0.6 is 12.2 Å². The molecule has 23 heavy (non-hydrogen) atoms. The summed E-state index contributed by atoms with van der Waals surface area (Å²) in [5.74, 6) is -0.395. The molecular weight excluding hydrogens is 314 g/mol. The molecule has 1 atom stereocenters. The summed E-state index contributed by atoms with van der Waals surface area (Å²) >= 11 is 5.34. The van der Waals surface area contributed by atoms with E-state index in [-0.39, 0.29) is 6.61 Å². The average molecular weight is 335 g/mol. The lowest BCUT2D eigenvalue weighted by atomic mass is 9.95. The van der Waals surface area contributed by atoms with Crippen LogP contribution in [0.25, 0.3) is 0 Å². The van der Waals surface area contributed by atoms with Gasteiger partial charge in [0.15, 0.2) is 5.11 Å². The second-order valence-electron chi connectivity index (χ2n) is 5.24. The molecule has 0 unspecified atom stereocenters. The molecule has 0 spiro atoms. The van der Waals surface area contributed by atoms with Gasteiger partial charge in [0, 0.05) is 25.5 Å². The third kappa shape index (κ3) is 3.80. The van der Waals surface area contributed by atoms with Crippen molar-refractivity contribution in [3.8, 4) is 0 Å². The summed E-state index contributed by atoms with van der Waals surface area (Å²) in [6.07, 6.45) is 0. The van der Waals surface area contributed by atoms with Crippen molar-refractivity contribution < 1.29 is 14.3 Å². The van der Waals surface area contributed by atoms with E-state index < -0.39 is 12.0 Å². The van der Waals surface area contributed by atoms with E-state index in [0.717, 1.165) is 11.3 Å². The van der Waals surface area contributed by atoms with E-state index in [2.05, 4.69) is 5.32 Å². The molecule has 3 N–H and O–H groups in total. The fourth-order valence-electron chi connectivity index (χ4n) is 2.38. The minimum absolute atomic E-state index is 0.198. The molecule has 2 rings (SSSR count). The highest BCUT2D eigenvalue weighted by molar-refractivity contribution is 7.80. The van der Waals surface area contributed by atoms with Crippen LogP contribution in [-0.4, -0.2) is 43.4 Å². The number of esters is 1. The summed E-state index contributed by atoms with van der Waals surface area (Å²) in [6.45, 7) is 2.39. The maximum Gasteiger partial charge on any atom is 0.338 e. The van der Waals surface area contributed by atoms with Gasteiger partial charge in [-0.05, 0) is 36.8 Å². The Labute approximate surface area is 141 Å². The van der Waals surface area contributed by atoms with Crippen LogP contribution < -0.4 is 11.1 Å². The Kier molecular flexibility index (Phi) is 5.57. The van der Waals surface area contributed by atoms with Gasteiger partial charge in [-0.1, -0.05) is 12.1 Å². The average Bonchev–Trinajstić information content (AvgIpc) is 2.52. The molecule has 0 bridgehead atoms. The summed E-state index contributed by atoms with van der Waals surface area (Å²) in [5, 5.41) is 3.72. The zero-order valence-electron chi connectivity index (χ0n) is 13.5. The summed E-state index contributed by atoms with van der Waals surface area (Å²) in [6, 6.07) is 6.97. The molecule has 0 saturated heterocycles. The van der Waals surface area contributed by atoms with Crippen LogP contribution in [-0.2, 0) is 14.3 Å². The second kappa shape index (κ2) is 7.43. The number of methoxy groups -OCH3 is 1. The number of carbonyl (C=O) groups is 1. The largest absolute Gasteiger partial charge is 0.460 e. The first-order valence-corrected chi connectivity index (χ1v) is 7.63. The van der Waals surface area contributed by atoms with Crippen molar-refractivity contribution in [3.63, 3.8) is 0 Å². The molecule has 1 aliphatic rings. The Morgan fingerprint density at radius 1 is 1.43 bits per heavy atom. The predicted octanol–water partition coefficient (Wildman–Crippen LogP) is 1.59. The highest BCUT2D eigenvalue weighted by atomic mass is 32.1. The van der Waals surface area contributed by atoms with Gasteiger partial charge in [-0.15, -0.1) is 0 Å². The third-order valence-electron chi connectivity index (χ3n) is 3.74. The quantitative estimate of drug-likeness (QED) is 0.366. The van der Waals surface area contributed by atoms with Crippen molar-refractivity contribution in [2.45, 2.75) is 13.0 Å². The second-order valence-corrected chi connectivity index (χ2v) is 5.63. The van der Waals surface area contributed by atoms with Gasteiger partial charge < -0.3 is 25.4 Å². The minimum Gasteiger partial charge on any atom is -0.460 e.